The number of hydrogen-bond acceptors (Lipinski definition) is 6. The number of nitrogens with two attached hydrogens (primary N) is 1. The molecule has 1 aliphatic carbocycles. The van der Waals surface area contributed by atoms with E-state index in [2.05, 4.69) is 6.92 Å². The van der Waals surface area contributed by atoms with Crippen molar-refractivity contribution >= 4 is 0 Å². The van der Waals surface area contributed by atoms with Crippen LogP contribution in [-0.4, -0.2) is 35.8 Å². The minimum atomic E-state index is -0.167. The molecular formula is C20H25N3O3. The Hall–Kier alpha value is -2.34. The summed E-state index contributed by atoms with van der Waals surface area (Å²) in [5.74, 6) is 3.58. The maximum atomic E-state index is 6.09. The summed E-state index contributed by atoms with van der Waals surface area (Å²) in [4.78, 5) is 9.46. The molecular weight excluding hydrogens is 330 g/mol. The van der Waals surface area contributed by atoms with E-state index in [0.29, 0.717) is 38.0 Å². The molecule has 138 valence electrons. The molecule has 2 N–H and O–H groups in total. The van der Waals surface area contributed by atoms with Crippen molar-refractivity contribution in [1.29, 1.82) is 0 Å². The van der Waals surface area contributed by atoms with Gasteiger partial charge >= 0.3 is 0 Å². The normalized spacial score (nSPS) is 18.6. The number of ether oxygens (including phenoxy) is 3. The van der Waals surface area contributed by atoms with Gasteiger partial charge < -0.3 is 19.9 Å². The third-order valence-corrected chi connectivity index (χ3v) is 4.72. The van der Waals surface area contributed by atoms with Gasteiger partial charge in [0, 0.05) is 11.5 Å². The molecule has 2 aromatic rings. The van der Waals surface area contributed by atoms with Crippen LogP contribution in [0.2, 0.25) is 0 Å². The van der Waals surface area contributed by atoms with E-state index < -0.39 is 0 Å². The lowest BCUT2D eigenvalue weighted by atomic mass is 10.1. The number of fused-ring (bicyclic) bond motifs is 1. The molecule has 0 spiro atoms. The zero-order chi connectivity index (χ0) is 17.9. The number of rotatable bonds is 7. The van der Waals surface area contributed by atoms with Crippen LogP contribution in [0.1, 0.15) is 42.8 Å². The van der Waals surface area contributed by atoms with E-state index in [-0.39, 0.29) is 6.10 Å². The molecule has 6 heteroatoms. The minimum absolute atomic E-state index is 0.167. The van der Waals surface area contributed by atoms with Crippen LogP contribution in [0, 0.1) is 0 Å². The number of benzene rings is 1. The van der Waals surface area contributed by atoms with Crippen LogP contribution in [0.4, 0.5) is 0 Å². The number of para-hydroxylation sites is 2. The summed E-state index contributed by atoms with van der Waals surface area (Å²) in [7, 11) is 0. The van der Waals surface area contributed by atoms with Crippen LogP contribution in [-0.2, 0) is 12.8 Å². The van der Waals surface area contributed by atoms with Crippen molar-refractivity contribution in [2.45, 2.75) is 44.6 Å². The molecule has 0 amide bonds. The summed E-state index contributed by atoms with van der Waals surface area (Å²) in [5, 5.41) is 0. The van der Waals surface area contributed by atoms with E-state index in [1.54, 1.807) is 0 Å². The summed E-state index contributed by atoms with van der Waals surface area (Å²) in [6.45, 7) is 3.50. The first-order valence-electron chi connectivity index (χ1n) is 9.39. The first-order chi connectivity index (χ1) is 12.8. The summed E-state index contributed by atoms with van der Waals surface area (Å²) in [6.07, 6.45) is 3.73. The highest BCUT2D eigenvalue weighted by Gasteiger charge is 2.29. The number of aromatic nitrogens is 2. The molecule has 2 heterocycles. The van der Waals surface area contributed by atoms with E-state index in [4.69, 9.17) is 29.9 Å². The highest BCUT2D eigenvalue weighted by Crippen LogP contribution is 2.39. The Morgan fingerprint density at radius 1 is 1.19 bits per heavy atom. The fourth-order valence-electron chi connectivity index (χ4n) is 3.17. The number of nitrogens with zero attached hydrogens (tertiary/aromatic N) is 2. The van der Waals surface area contributed by atoms with Gasteiger partial charge in [0.1, 0.15) is 19.0 Å². The third kappa shape index (κ3) is 3.60. The van der Waals surface area contributed by atoms with Gasteiger partial charge in [0.05, 0.1) is 5.69 Å². The standard InChI is InChI=1S/C20H25N3O3/c1-2-16-15(9-10-21)20(23-19(22-16)13-7-8-13)25-12-14-11-24-17-5-3-4-6-18(17)26-14/h3-6,13-14H,2,7-12,21H2,1H3. The van der Waals surface area contributed by atoms with E-state index in [0.717, 1.165) is 47.8 Å². The molecule has 1 atom stereocenters. The van der Waals surface area contributed by atoms with Gasteiger partial charge in [0.15, 0.2) is 17.6 Å². The first-order valence-corrected chi connectivity index (χ1v) is 9.39. The first kappa shape index (κ1) is 17.1. The molecule has 1 aliphatic heterocycles. The lowest BCUT2D eigenvalue weighted by Crippen LogP contribution is -2.34. The number of aryl methyl sites for hydroxylation is 1. The van der Waals surface area contributed by atoms with Crippen molar-refractivity contribution in [2.24, 2.45) is 5.73 Å². The van der Waals surface area contributed by atoms with Crippen LogP contribution in [0.25, 0.3) is 0 Å². The topological polar surface area (TPSA) is 79.5 Å². The quantitative estimate of drug-likeness (QED) is 0.822. The highest BCUT2D eigenvalue weighted by atomic mass is 16.6. The summed E-state index contributed by atoms with van der Waals surface area (Å²) in [6, 6.07) is 7.69. The molecule has 1 aromatic heterocycles. The molecule has 1 fully saturated rings. The monoisotopic (exact) mass is 355 g/mol. The van der Waals surface area contributed by atoms with Gasteiger partial charge in [-0.15, -0.1) is 0 Å². The zero-order valence-corrected chi connectivity index (χ0v) is 15.1. The summed E-state index contributed by atoms with van der Waals surface area (Å²) in [5.41, 5.74) is 7.87. The van der Waals surface area contributed by atoms with Gasteiger partial charge in [-0.25, -0.2) is 4.98 Å². The minimum Gasteiger partial charge on any atom is -0.486 e. The molecule has 1 saturated carbocycles. The largest absolute Gasteiger partial charge is 0.486 e. The molecule has 1 unspecified atom stereocenters. The van der Waals surface area contributed by atoms with Crippen LogP contribution in [0.3, 0.4) is 0 Å². The molecule has 0 radical (unpaired) electrons. The molecule has 6 nitrogen and oxygen atoms in total. The second-order valence-corrected chi connectivity index (χ2v) is 6.79. The Kier molecular flexibility index (Phi) is 4.93. The predicted octanol–water partition coefficient (Wildman–Crippen LogP) is 2.64. The Bertz CT molecular complexity index is 777. The van der Waals surface area contributed by atoms with Crippen LogP contribution < -0.4 is 19.9 Å². The smallest absolute Gasteiger partial charge is 0.220 e. The van der Waals surface area contributed by atoms with Crippen molar-refractivity contribution in [2.75, 3.05) is 19.8 Å². The maximum absolute atomic E-state index is 6.09. The Morgan fingerprint density at radius 3 is 2.73 bits per heavy atom. The predicted molar refractivity (Wildman–Crippen MR) is 98.0 cm³/mol. The van der Waals surface area contributed by atoms with Crippen molar-refractivity contribution in [3.8, 4) is 17.4 Å². The van der Waals surface area contributed by atoms with Gasteiger partial charge in [-0.2, -0.15) is 4.98 Å². The van der Waals surface area contributed by atoms with E-state index >= 15 is 0 Å². The third-order valence-electron chi connectivity index (χ3n) is 4.72. The average molecular weight is 355 g/mol. The molecule has 1 aromatic carbocycles. The Balaban J connectivity index is 1.51. The van der Waals surface area contributed by atoms with Crippen molar-refractivity contribution in [3.05, 3.63) is 41.3 Å². The molecule has 0 saturated heterocycles. The summed E-state index contributed by atoms with van der Waals surface area (Å²) >= 11 is 0. The van der Waals surface area contributed by atoms with Crippen LogP contribution in [0.5, 0.6) is 17.4 Å². The number of hydrogen-bond donors (Lipinski definition) is 1. The fourth-order valence-corrected chi connectivity index (χ4v) is 3.17. The second kappa shape index (κ2) is 7.50. The van der Waals surface area contributed by atoms with E-state index in [1.807, 2.05) is 24.3 Å². The lowest BCUT2D eigenvalue weighted by molar-refractivity contribution is 0.0517. The van der Waals surface area contributed by atoms with Gasteiger partial charge in [0.2, 0.25) is 5.88 Å². The SMILES string of the molecule is CCc1nc(C2CC2)nc(OCC2COc3ccccc3O2)c1CCN. The second-order valence-electron chi connectivity index (χ2n) is 6.79. The lowest BCUT2D eigenvalue weighted by Gasteiger charge is -2.26. The highest BCUT2D eigenvalue weighted by molar-refractivity contribution is 5.40. The molecule has 2 aliphatic rings. The zero-order valence-electron chi connectivity index (χ0n) is 15.1. The van der Waals surface area contributed by atoms with Gasteiger partial charge in [-0.05, 0) is 44.4 Å². The van der Waals surface area contributed by atoms with Gasteiger partial charge in [0.25, 0.3) is 0 Å². The molecule has 4 rings (SSSR count). The van der Waals surface area contributed by atoms with Gasteiger partial charge in [-0.1, -0.05) is 19.1 Å². The Morgan fingerprint density at radius 2 is 2.00 bits per heavy atom. The van der Waals surface area contributed by atoms with Crippen molar-refractivity contribution in [1.82, 2.24) is 9.97 Å². The molecule has 26 heavy (non-hydrogen) atoms. The summed E-state index contributed by atoms with van der Waals surface area (Å²) < 4.78 is 17.8. The maximum Gasteiger partial charge on any atom is 0.220 e. The average Bonchev–Trinajstić information content (AvgIpc) is 3.52. The van der Waals surface area contributed by atoms with Gasteiger partial charge in [-0.3, -0.25) is 0 Å². The van der Waals surface area contributed by atoms with E-state index in [9.17, 15) is 0 Å². The fraction of sp³-hybridized carbons (Fsp3) is 0.500. The van der Waals surface area contributed by atoms with Crippen molar-refractivity contribution < 1.29 is 14.2 Å². The van der Waals surface area contributed by atoms with Crippen LogP contribution in [0.15, 0.2) is 24.3 Å². The van der Waals surface area contributed by atoms with E-state index in [1.165, 1.54) is 0 Å². The molecule has 0 bridgehead atoms. The van der Waals surface area contributed by atoms with Crippen LogP contribution >= 0.6 is 0 Å². The van der Waals surface area contributed by atoms with Crippen molar-refractivity contribution in [3.63, 3.8) is 0 Å². The Labute approximate surface area is 153 Å².